The molecule has 4 aromatic rings. The summed E-state index contributed by atoms with van der Waals surface area (Å²) in [5.41, 5.74) is 3.65. The average molecular weight is 294 g/mol. The van der Waals surface area contributed by atoms with Gasteiger partial charge in [-0.2, -0.15) is 4.40 Å². The van der Waals surface area contributed by atoms with Crippen LogP contribution in [0.5, 0.6) is 0 Å². The third kappa shape index (κ3) is 2.41. The monoisotopic (exact) mass is 294 g/mol. The molecule has 0 N–H and O–H groups in total. The van der Waals surface area contributed by atoms with Crippen molar-refractivity contribution in [3.8, 4) is 10.6 Å². The van der Waals surface area contributed by atoms with E-state index in [2.05, 4.69) is 81.3 Å². The molecule has 4 heterocycles. The average Bonchev–Trinajstić information content (AvgIpc) is 3.10. The van der Waals surface area contributed by atoms with Gasteiger partial charge >= 0.3 is 0 Å². The standard InChI is InChI=1S/C16H12N2S.C2H6/c1-3-9-17-12-15(16-8-5-11-19-16)18-10-4-2-7-14(18)13(17)6-1;1-2/h1-12H;1-2H3/q+2;. The molecule has 0 aliphatic carbocycles. The van der Waals surface area contributed by atoms with Gasteiger partial charge in [0.15, 0.2) is 12.4 Å². The lowest BCUT2D eigenvalue weighted by Gasteiger charge is -1.97. The number of nitrogens with zero attached hydrogens (tertiary/aromatic N) is 2. The van der Waals surface area contributed by atoms with Crippen molar-refractivity contribution in [3.63, 3.8) is 0 Å². The first-order valence-electron chi connectivity index (χ1n) is 7.21. The molecule has 0 saturated heterocycles. The topological polar surface area (TPSA) is 8.20 Å². The van der Waals surface area contributed by atoms with Crippen molar-refractivity contribution in [2.75, 3.05) is 0 Å². The van der Waals surface area contributed by atoms with E-state index in [1.807, 2.05) is 13.8 Å². The lowest BCUT2D eigenvalue weighted by Crippen LogP contribution is -2.33. The zero-order valence-corrected chi connectivity index (χ0v) is 13.0. The van der Waals surface area contributed by atoms with E-state index in [-0.39, 0.29) is 0 Å². The first kappa shape index (κ1) is 13.7. The number of rotatable bonds is 1. The number of fused-ring (bicyclic) bond motifs is 3. The molecule has 0 atom stereocenters. The Bertz CT molecular complexity index is 867. The van der Waals surface area contributed by atoms with Crippen molar-refractivity contribution in [1.29, 1.82) is 0 Å². The quantitative estimate of drug-likeness (QED) is 0.371. The molecule has 0 bridgehead atoms. The SMILES string of the molecule is CC.c1csc(-c2c[n+]3ccccc3c3cccc[n+]23)c1. The fourth-order valence-electron chi connectivity index (χ4n) is 2.45. The molecule has 2 nitrogen and oxygen atoms in total. The van der Waals surface area contributed by atoms with Crippen LogP contribution in [-0.4, -0.2) is 0 Å². The largest absolute Gasteiger partial charge is 0.293 e. The number of hydrogen-bond acceptors (Lipinski definition) is 1. The van der Waals surface area contributed by atoms with Crippen molar-refractivity contribution < 1.29 is 8.80 Å². The van der Waals surface area contributed by atoms with Crippen LogP contribution in [0.15, 0.2) is 72.5 Å². The molecule has 3 heteroatoms. The Morgan fingerprint density at radius 3 is 2.33 bits per heavy atom. The lowest BCUT2D eigenvalue weighted by molar-refractivity contribution is -0.556. The molecule has 4 rings (SSSR count). The summed E-state index contributed by atoms with van der Waals surface area (Å²) >= 11 is 1.77. The first-order valence-corrected chi connectivity index (χ1v) is 8.09. The minimum absolute atomic E-state index is 1.21. The van der Waals surface area contributed by atoms with Crippen LogP contribution in [0.4, 0.5) is 0 Å². The molecule has 0 radical (unpaired) electrons. The van der Waals surface area contributed by atoms with Crippen molar-refractivity contribution >= 4 is 22.4 Å². The second-order valence-electron chi connectivity index (χ2n) is 4.44. The van der Waals surface area contributed by atoms with E-state index in [0.29, 0.717) is 0 Å². The zero-order valence-electron chi connectivity index (χ0n) is 12.2. The third-order valence-corrected chi connectivity index (χ3v) is 4.20. The zero-order chi connectivity index (χ0) is 14.7. The predicted octanol–water partition coefficient (Wildman–Crippen LogP) is 3.92. The Morgan fingerprint density at radius 2 is 1.57 bits per heavy atom. The minimum atomic E-state index is 1.21. The van der Waals surface area contributed by atoms with Crippen LogP contribution in [0.25, 0.3) is 21.6 Å². The summed E-state index contributed by atoms with van der Waals surface area (Å²) in [6, 6.07) is 16.9. The van der Waals surface area contributed by atoms with E-state index < -0.39 is 0 Å². The normalized spacial score (nSPS) is 10.4. The van der Waals surface area contributed by atoms with Crippen molar-refractivity contribution in [3.05, 3.63) is 72.5 Å². The molecule has 104 valence electrons. The van der Waals surface area contributed by atoms with Crippen LogP contribution in [-0.2, 0) is 0 Å². The van der Waals surface area contributed by atoms with E-state index >= 15 is 0 Å². The van der Waals surface area contributed by atoms with Gasteiger partial charge in [-0.3, -0.25) is 0 Å². The first-order chi connectivity index (χ1) is 10.4. The van der Waals surface area contributed by atoms with Crippen LogP contribution in [0.1, 0.15) is 13.8 Å². The smallest absolute Gasteiger partial charge is 0.155 e. The van der Waals surface area contributed by atoms with Crippen LogP contribution in [0, 0.1) is 0 Å². The molecule has 0 saturated carbocycles. The maximum atomic E-state index is 2.25. The van der Waals surface area contributed by atoms with Crippen molar-refractivity contribution in [2.24, 2.45) is 0 Å². The summed E-state index contributed by atoms with van der Waals surface area (Å²) in [5, 5.41) is 2.12. The summed E-state index contributed by atoms with van der Waals surface area (Å²) in [7, 11) is 0. The van der Waals surface area contributed by atoms with E-state index in [0.717, 1.165) is 0 Å². The number of pyridine rings is 2. The summed E-state index contributed by atoms with van der Waals surface area (Å²) in [6.45, 7) is 4.00. The highest BCUT2D eigenvalue weighted by Crippen LogP contribution is 2.21. The van der Waals surface area contributed by atoms with E-state index in [1.54, 1.807) is 11.3 Å². The van der Waals surface area contributed by atoms with Gasteiger partial charge in [0.05, 0.1) is 0 Å². The second kappa shape index (κ2) is 6.02. The summed E-state index contributed by atoms with van der Waals surface area (Å²) in [6.07, 6.45) is 6.41. The van der Waals surface area contributed by atoms with Gasteiger partial charge in [0.1, 0.15) is 4.88 Å². The summed E-state index contributed by atoms with van der Waals surface area (Å²) < 4.78 is 4.44. The lowest BCUT2D eigenvalue weighted by atomic mass is 10.2. The summed E-state index contributed by atoms with van der Waals surface area (Å²) in [5.74, 6) is 0. The molecule has 0 amide bonds. The Balaban J connectivity index is 0.000000636. The second-order valence-corrected chi connectivity index (χ2v) is 5.39. The van der Waals surface area contributed by atoms with E-state index in [1.165, 1.54) is 21.6 Å². The predicted molar refractivity (Wildman–Crippen MR) is 87.4 cm³/mol. The van der Waals surface area contributed by atoms with Gasteiger partial charge < -0.3 is 0 Å². The molecule has 0 fully saturated rings. The van der Waals surface area contributed by atoms with Crippen LogP contribution in [0.2, 0.25) is 0 Å². The van der Waals surface area contributed by atoms with Gasteiger partial charge in [-0.15, -0.1) is 15.7 Å². The Morgan fingerprint density at radius 1 is 0.810 bits per heavy atom. The van der Waals surface area contributed by atoms with Gasteiger partial charge in [0, 0.05) is 24.3 Å². The molecule has 0 unspecified atom stereocenters. The van der Waals surface area contributed by atoms with Gasteiger partial charge in [0.2, 0.25) is 6.20 Å². The Hall–Kier alpha value is -2.26. The minimum Gasteiger partial charge on any atom is -0.155 e. The van der Waals surface area contributed by atoms with Crippen molar-refractivity contribution in [1.82, 2.24) is 0 Å². The van der Waals surface area contributed by atoms with Gasteiger partial charge in [-0.25, -0.2) is 0 Å². The molecular weight excluding hydrogens is 276 g/mol. The summed E-state index contributed by atoms with van der Waals surface area (Å²) in [4.78, 5) is 1.28. The highest BCUT2D eigenvalue weighted by molar-refractivity contribution is 7.13. The molecule has 0 aliphatic heterocycles. The van der Waals surface area contributed by atoms with E-state index in [4.69, 9.17) is 0 Å². The number of hydrogen-bond donors (Lipinski definition) is 0. The number of aromatic nitrogens is 2. The van der Waals surface area contributed by atoms with Crippen LogP contribution >= 0.6 is 11.3 Å². The molecular formula is C18H18N2S+2. The highest BCUT2D eigenvalue weighted by atomic mass is 32.1. The molecule has 4 aromatic heterocycles. The maximum Gasteiger partial charge on any atom is 0.293 e. The fourth-order valence-corrected chi connectivity index (χ4v) is 3.18. The van der Waals surface area contributed by atoms with Crippen molar-refractivity contribution in [2.45, 2.75) is 13.8 Å². The highest BCUT2D eigenvalue weighted by Gasteiger charge is 2.21. The fraction of sp³-hybridized carbons (Fsp3) is 0.111. The molecule has 0 spiro atoms. The van der Waals surface area contributed by atoms with E-state index in [9.17, 15) is 0 Å². The molecule has 0 aliphatic rings. The van der Waals surface area contributed by atoms with Gasteiger partial charge in [-0.1, -0.05) is 19.9 Å². The number of thiophene rings is 1. The Kier molecular flexibility index (Phi) is 3.93. The van der Waals surface area contributed by atoms with Gasteiger partial charge in [0.25, 0.3) is 16.7 Å². The van der Waals surface area contributed by atoms with Crippen LogP contribution in [0.3, 0.4) is 0 Å². The van der Waals surface area contributed by atoms with Crippen LogP contribution < -0.4 is 8.80 Å². The van der Waals surface area contributed by atoms with Gasteiger partial charge in [-0.05, 0) is 23.6 Å². The molecule has 21 heavy (non-hydrogen) atoms. The third-order valence-electron chi connectivity index (χ3n) is 3.31. The Labute approximate surface area is 128 Å². The molecule has 0 aromatic carbocycles. The maximum absolute atomic E-state index is 2.25.